The number of carbonyl (C=O) groups excluding carboxylic acids is 1. The van der Waals surface area contributed by atoms with Crippen LogP contribution >= 0.6 is 0 Å². The van der Waals surface area contributed by atoms with Gasteiger partial charge in [0, 0.05) is 25.3 Å². The van der Waals surface area contributed by atoms with E-state index in [4.69, 9.17) is 5.11 Å². The number of piperidine rings is 1. The minimum Gasteiger partial charge on any atom is -0.396 e. The van der Waals surface area contributed by atoms with Crippen LogP contribution in [0.2, 0.25) is 0 Å². The molecule has 5 heteroatoms. The second-order valence-corrected chi connectivity index (χ2v) is 4.56. The molecule has 18 heavy (non-hydrogen) atoms. The molecule has 0 saturated carbocycles. The molecular weight excluding hydrogens is 240 g/mol. The molecular formula is C13H15F2NO2. The lowest BCUT2D eigenvalue weighted by atomic mass is 9.97. The molecule has 0 aromatic heterocycles. The fraction of sp³-hybridized carbons (Fsp3) is 0.462. The van der Waals surface area contributed by atoms with Gasteiger partial charge in [-0.05, 0) is 30.9 Å². The number of hydrogen-bond acceptors (Lipinski definition) is 3. The third-order valence-corrected chi connectivity index (χ3v) is 3.36. The summed E-state index contributed by atoms with van der Waals surface area (Å²) in [4.78, 5) is 12.1. The van der Waals surface area contributed by atoms with Gasteiger partial charge in [-0.25, -0.2) is 8.78 Å². The number of carbonyl (C=O) groups is 1. The van der Waals surface area contributed by atoms with E-state index in [1.807, 2.05) is 0 Å². The van der Waals surface area contributed by atoms with Gasteiger partial charge in [-0.2, -0.15) is 0 Å². The summed E-state index contributed by atoms with van der Waals surface area (Å²) in [5.74, 6) is -1.21. The monoisotopic (exact) mass is 255 g/mol. The molecule has 1 fully saturated rings. The Balaban J connectivity index is 2.21. The first-order valence-corrected chi connectivity index (χ1v) is 5.95. The Hall–Kier alpha value is -1.49. The third-order valence-electron chi connectivity index (χ3n) is 3.36. The minimum atomic E-state index is -0.709. The summed E-state index contributed by atoms with van der Waals surface area (Å²) in [5, 5.41) is 9.02. The molecule has 1 aromatic rings. The highest BCUT2D eigenvalue weighted by molar-refractivity contribution is 5.76. The van der Waals surface area contributed by atoms with Gasteiger partial charge in [-0.15, -0.1) is 0 Å². The molecule has 0 aliphatic carbocycles. The zero-order chi connectivity index (χ0) is 13.1. The molecule has 3 nitrogen and oxygen atoms in total. The molecule has 0 unspecified atom stereocenters. The van der Waals surface area contributed by atoms with Crippen molar-refractivity contribution in [2.24, 2.45) is 5.92 Å². The minimum absolute atomic E-state index is 0.000931. The number of rotatable bonds is 3. The zero-order valence-electron chi connectivity index (χ0n) is 9.90. The van der Waals surface area contributed by atoms with Crippen LogP contribution in [-0.4, -0.2) is 31.1 Å². The maximum Gasteiger partial charge on any atom is 0.150 e. The van der Waals surface area contributed by atoms with Crippen LogP contribution in [0.25, 0.3) is 0 Å². The summed E-state index contributed by atoms with van der Waals surface area (Å²) < 4.78 is 27.5. The molecule has 0 bridgehead atoms. The summed E-state index contributed by atoms with van der Waals surface area (Å²) in [6, 6.07) is 2.09. The van der Waals surface area contributed by atoms with E-state index in [-0.39, 0.29) is 23.8 Å². The topological polar surface area (TPSA) is 40.5 Å². The molecule has 1 saturated heterocycles. The average molecular weight is 255 g/mol. The fourth-order valence-corrected chi connectivity index (χ4v) is 2.29. The number of aliphatic hydroxyl groups is 1. The van der Waals surface area contributed by atoms with Crippen LogP contribution in [0, 0.1) is 17.6 Å². The molecule has 0 amide bonds. The summed E-state index contributed by atoms with van der Waals surface area (Å²) in [7, 11) is 0. The second-order valence-electron chi connectivity index (χ2n) is 4.56. The van der Waals surface area contributed by atoms with E-state index in [0.29, 0.717) is 32.2 Å². The van der Waals surface area contributed by atoms with Gasteiger partial charge in [0.15, 0.2) is 0 Å². The van der Waals surface area contributed by atoms with Crippen molar-refractivity contribution in [1.82, 2.24) is 0 Å². The van der Waals surface area contributed by atoms with Crippen LogP contribution in [0.15, 0.2) is 12.1 Å². The number of aldehydes is 1. The Morgan fingerprint density at radius 2 is 1.83 bits per heavy atom. The lowest BCUT2D eigenvalue weighted by Gasteiger charge is -2.33. The van der Waals surface area contributed by atoms with Crippen molar-refractivity contribution in [2.45, 2.75) is 12.8 Å². The summed E-state index contributed by atoms with van der Waals surface area (Å²) >= 11 is 0. The average Bonchev–Trinajstić information content (AvgIpc) is 2.38. The first-order valence-electron chi connectivity index (χ1n) is 5.95. The quantitative estimate of drug-likeness (QED) is 0.840. The standard InChI is InChI=1S/C13H15F2NO2/c14-11-5-10(8-18)6-12(15)13(11)16-3-1-9(7-17)2-4-16/h5-6,8-9,17H,1-4,7H2. The zero-order valence-corrected chi connectivity index (χ0v) is 9.90. The molecule has 0 spiro atoms. The molecule has 2 rings (SSSR count). The van der Waals surface area contributed by atoms with Crippen molar-refractivity contribution >= 4 is 12.0 Å². The molecule has 0 radical (unpaired) electrons. The van der Waals surface area contributed by atoms with Gasteiger partial charge in [0.25, 0.3) is 0 Å². The highest BCUT2D eigenvalue weighted by Crippen LogP contribution is 2.28. The Morgan fingerprint density at radius 1 is 1.28 bits per heavy atom. The van der Waals surface area contributed by atoms with Gasteiger partial charge >= 0.3 is 0 Å². The Bertz CT molecular complexity index is 420. The van der Waals surface area contributed by atoms with Gasteiger partial charge in [0.05, 0.1) is 0 Å². The molecule has 1 aromatic carbocycles. The van der Waals surface area contributed by atoms with E-state index in [9.17, 15) is 13.6 Å². The van der Waals surface area contributed by atoms with Crippen LogP contribution in [0.5, 0.6) is 0 Å². The van der Waals surface area contributed by atoms with E-state index in [2.05, 4.69) is 0 Å². The van der Waals surface area contributed by atoms with Crippen molar-refractivity contribution in [3.63, 3.8) is 0 Å². The lowest BCUT2D eigenvalue weighted by Crippen LogP contribution is -2.35. The van der Waals surface area contributed by atoms with E-state index in [0.717, 1.165) is 12.1 Å². The van der Waals surface area contributed by atoms with E-state index in [1.54, 1.807) is 4.90 Å². The fourth-order valence-electron chi connectivity index (χ4n) is 2.29. The Labute approximate surface area is 104 Å². The number of benzene rings is 1. The first-order chi connectivity index (χ1) is 8.65. The van der Waals surface area contributed by atoms with Crippen molar-refractivity contribution < 1.29 is 18.7 Å². The Kier molecular flexibility index (Phi) is 3.91. The number of halogens is 2. The molecule has 1 heterocycles. The third kappa shape index (κ3) is 2.51. The van der Waals surface area contributed by atoms with Crippen molar-refractivity contribution in [3.05, 3.63) is 29.3 Å². The number of nitrogens with zero attached hydrogens (tertiary/aromatic N) is 1. The van der Waals surface area contributed by atoms with E-state index in [1.165, 1.54) is 0 Å². The van der Waals surface area contributed by atoms with Gasteiger partial charge in [-0.3, -0.25) is 4.79 Å². The summed E-state index contributed by atoms with van der Waals surface area (Å²) in [6.07, 6.45) is 1.85. The predicted octanol–water partition coefficient (Wildman–Crippen LogP) is 1.99. The van der Waals surface area contributed by atoms with Gasteiger partial charge in [-0.1, -0.05) is 0 Å². The molecule has 1 aliphatic rings. The van der Waals surface area contributed by atoms with Crippen molar-refractivity contribution in [3.8, 4) is 0 Å². The highest BCUT2D eigenvalue weighted by atomic mass is 19.1. The van der Waals surface area contributed by atoms with Crippen LogP contribution < -0.4 is 4.90 Å². The lowest BCUT2D eigenvalue weighted by molar-refractivity contribution is 0.112. The predicted molar refractivity (Wildman–Crippen MR) is 63.8 cm³/mol. The smallest absolute Gasteiger partial charge is 0.150 e. The van der Waals surface area contributed by atoms with Gasteiger partial charge in [0.2, 0.25) is 0 Å². The van der Waals surface area contributed by atoms with Crippen molar-refractivity contribution in [1.29, 1.82) is 0 Å². The second kappa shape index (κ2) is 5.44. The van der Waals surface area contributed by atoms with E-state index < -0.39 is 11.6 Å². The van der Waals surface area contributed by atoms with Crippen molar-refractivity contribution in [2.75, 3.05) is 24.6 Å². The van der Waals surface area contributed by atoms with Gasteiger partial charge in [0.1, 0.15) is 23.6 Å². The molecule has 0 atom stereocenters. The summed E-state index contributed by atoms with van der Waals surface area (Å²) in [6.45, 7) is 1.14. The number of aliphatic hydroxyl groups excluding tert-OH is 1. The normalized spacial score (nSPS) is 16.9. The van der Waals surface area contributed by atoms with Crippen LogP contribution in [0.1, 0.15) is 23.2 Å². The first kappa shape index (κ1) is 13.0. The summed E-state index contributed by atoms with van der Waals surface area (Å²) in [5.41, 5.74) is -0.0732. The number of hydrogen-bond donors (Lipinski definition) is 1. The van der Waals surface area contributed by atoms with Crippen LogP contribution in [0.3, 0.4) is 0 Å². The Morgan fingerprint density at radius 3 is 2.28 bits per heavy atom. The molecule has 1 aliphatic heterocycles. The molecule has 1 N–H and O–H groups in total. The van der Waals surface area contributed by atoms with Crippen LogP contribution in [-0.2, 0) is 0 Å². The number of anilines is 1. The maximum atomic E-state index is 13.8. The highest BCUT2D eigenvalue weighted by Gasteiger charge is 2.23. The molecule has 98 valence electrons. The maximum absolute atomic E-state index is 13.8. The SMILES string of the molecule is O=Cc1cc(F)c(N2CCC(CO)CC2)c(F)c1. The largest absolute Gasteiger partial charge is 0.396 e. The van der Waals surface area contributed by atoms with E-state index >= 15 is 0 Å². The van der Waals surface area contributed by atoms with Crippen LogP contribution in [0.4, 0.5) is 14.5 Å². The van der Waals surface area contributed by atoms with Gasteiger partial charge < -0.3 is 10.0 Å².